The lowest BCUT2D eigenvalue weighted by Gasteiger charge is -2.06. The third-order valence-corrected chi connectivity index (χ3v) is 3.05. The van der Waals surface area contributed by atoms with Crippen LogP contribution in [0.15, 0.2) is 30.5 Å². The van der Waals surface area contributed by atoms with Crippen molar-refractivity contribution in [3.63, 3.8) is 0 Å². The van der Waals surface area contributed by atoms with Gasteiger partial charge in [-0.25, -0.2) is 0 Å². The number of hydrogen-bond donors (Lipinski definition) is 1. The number of para-hydroxylation sites is 1. The molecule has 0 fully saturated rings. The number of rotatable bonds is 6. The first-order valence-corrected chi connectivity index (χ1v) is 6.14. The summed E-state index contributed by atoms with van der Waals surface area (Å²) in [7, 11) is 1.71. The van der Waals surface area contributed by atoms with Gasteiger partial charge in [0.05, 0.1) is 11.6 Å². The first-order valence-electron chi connectivity index (χ1n) is 5.76. The summed E-state index contributed by atoms with van der Waals surface area (Å²) in [5.41, 5.74) is 1.19. The number of nitrogens with one attached hydrogen (secondary N) is 1. The molecule has 1 N–H and O–H groups in total. The van der Waals surface area contributed by atoms with Crippen LogP contribution in [-0.2, 0) is 11.3 Å². The van der Waals surface area contributed by atoms with E-state index in [9.17, 15) is 0 Å². The highest BCUT2D eigenvalue weighted by molar-refractivity contribution is 6.35. The standard InChI is InChI=1S/C13H17ClN2O/c1-17-9-7-15-6-8-16-10-12(14)11-4-2-3-5-13(11)16/h2-5,10,15H,6-9H2,1H3. The molecular formula is C13H17ClN2O. The first kappa shape index (κ1) is 12.4. The summed E-state index contributed by atoms with van der Waals surface area (Å²) in [6.45, 7) is 3.45. The number of halogens is 1. The Labute approximate surface area is 106 Å². The minimum absolute atomic E-state index is 0.743. The maximum Gasteiger partial charge on any atom is 0.0661 e. The molecule has 2 aromatic rings. The van der Waals surface area contributed by atoms with Crippen molar-refractivity contribution in [2.75, 3.05) is 26.8 Å². The largest absolute Gasteiger partial charge is 0.383 e. The summed E-state index contributed by atoms with van der Waals surface area (Å²) in [6.07, 6.45) is 1.99. The summed E-state index contributed by atoms with van der Waals surface area (Å²) >= 11 is 6.18. The Balaban J connectivity index is 1.99. The second kappa shape index (κ2) is 6.05. The third kappa shape index (κ3) is 3.00. The summed E-state index contributed by atoms with van der Waals surface area (Å²) in [6, 6.07) is 8.19. The van der Waals surface area contributed by atoms with Gasteiger partial charge >= 0.3 is 0 Å². The molecule has 17 heavy (non-hydrogen) atoms. The zero-order valence-corrected chi connectivity index (χ0v) is 10.7. The van der Waals surface area contributed by atoms with Gasteiger partial charge in [0.2, 0.25) is 0 Å². The summed E-state index contributed by atoms with van der Waals surface area (Å²) in [5, 5.41) is 5.25. The van der Waals surface area contributed by atoms with E-state index in [2.05, 4.69) is 16.0 Å². The second-order valence-corrected chi connectivity index (χ2v) is 4.34. The van der Waals surface area contributed by atoms with E-state index in [1.807, 2.05) is 24.4 Å². The van der Waals surface area contributed by atoms with E-state index in [0.29, 0.717) is 0 Å². The molecule has 0 saturated carbocycles. The summed E-state index contributed by atoms with van der Waals surface area (Å²) in [5.74, 6) is 0. The fraction of sp³-hybridized carbons (Fsp3) is 0.385. The van der Waals surface area contributed by atoms with E-state index < -0.39 is 0 Å². The number of benzene rings is 1. The molecule has 1 heterocycles. The van der Waals surface area contributed by atoms with Crippen LogP contribution in [0, 0.1) is 0 Å². The van der Waals surface area contributed by atoms with Gasteiger partial charge in [-0.05, 0) is 6.07 Å². The molecule has 0 saturated heterocycles. The minimum Gasteiger partial charge on any atom is -0.383 e. The van der Waals surface area contributed by atoms with E-state index in [-0.39, 0.29) is 0 Å². The first-order chi connectivity index (χ1) is 8.33. The zero-order chi connectivity index (χ0) is 12.1. The summed E-state index contributed by atoms with van der Waals surface area (Å²) < 4.78 is 7.16. The molecule has 0 unspecified atom stereocenters. The SMILES string of the molecule is COCCNCCn1cc(Cl)c2ccccc21. The van der Waals surface area contributed by atoms with Crippen molar-refractivity contribution in [1.29, 1.82) is 0 Å². The lowest BCUT2D eigenvalue weighted by atomic mass is 10.2. The highest BCUT2D eigenvalue weighted by atomic mass is 35.5. The lowest BCUT2D eigenvalue weighted by molar-refractivity contribution is 0.199. The fourth-order valence-electron chi connectivity index (χ4n) is 1.89. The summed E-state index contributed by atoms with van der Waals surface area (Å²) in [4.78, 5) is 0. The van der Waals surface area contributed by atoms with Gasteiger partial charge in [0.1, 0.15) is 0 Å². The molecular weight excluding hydrogens is 236 g/mol. The van der Waals surface area contributed by atoms with Crippen molar-refractivity contribution in [3.8, 4) is 0 Å². The third-order valence-electron chi connectivity index (χ3n) is 2.75. The molecule has 3 nitrogen and oxygen atoms in total. The van der Waals surface area contributed by atoms with Crippen molar-refractivity contribution < 1.29 is 4.74 Å². The van der Waals surface area contributed by atoms with Crippen LogP contribution in [-0.4, -0.2) is 31.4 Å². The number of nitrogens with zero attached hydrogens (tertiary/aromatic N) is 1. The predicted molar refractivity (Wildman–Crippen MR) is 71.7 cm³/mol. The molecule has 0 aliphatic heterocycles. The maximum atomic E-state index is 6.18. The number of fused-ring (bicyclic) bond motifs is 1. The molecule has 2 rings (SSSR count). The van der Waals surface area contributed by atoms with Gasteiger partial charge in [-0.2, -0.15) is 0 Å². The molecule has 0 aliphatic carbocycles. The van der Waals surface area contributed by atoms with Crippen LogP contribution in [0.2, 0.25) is 5.02 Å². The van der Waals surface area contributed by atoms with Gasteiger partial charge in [0.15, 0.2) is 0 Å². The van der Waals surface area contributed by atoms with Crippen LogP contribution in [0.3, 0.4) is 0 Å². The van der Waals surface area contributed by atoms with Crippen molar-refractivity contribution >= 4 is 22.5 Å². The molecule has 0 amide bonds. The Hall–Kier alpha value is -1.03. The van der Waals surface area contributed by atoms with Crippen LogP contribution >= 0.6 is 11.6 Å². The smallest absolute Gasteiger partial charge is 0.0661 e. The lowest BCUT2D eigenvalue weighted by Crippen LogP contribution is -2.23. The van der Waals surface area contributed by atoms with E-state index in [4.69, 9.17) is 16.3 Å². The Morgan fingerprint density at radius 3 is 2.94 bits per heavy atom. The molecule has 0 atom stereocenters. The van der Waals surface area contributed by atoms with Crippen LogP contribution < -0.4 is 5.32 Å². The van der Waals surface area contributed by atoms with E-state index in [1.165, 1.54) is 5.52 Å². The van der Waals surface area contributed by atoms with Crippen LogP contribution in [0.4, 0.5) is 0 Å². The fourth-order valence-corrected chi connectivity index (χ4v) is 2.16. The van der Waals surface area contributed by atoms with Crippen molar-refractivity contribution in [2.24, 2.45) is 0 Å². The van der Waals surface area contributed by atoms with E-state index in [0.717, 1.165) is 36.7 Å². The van der Waals surface area contributed by atoms with Gasteiger partial charge in [0.25, 0.3) is 0 Å². The number of methoxy groups -OCH3 is 1. The molecule has 0 aliphatic rings. The van der Waals surface area contributed by atoms with Crippen LogP contribution in [0.25, 0.3) is 10.9 Å². The molecule has 0 bridgehead atoms. The molecule has 0 radical (unpaired) electrons. The quantitative estimate of drug-likeness (QED) is 0.800. The monoisotopic (exact) mass is 252 g/mol. The topological polar surface area (TPSA) is 26.2 Å². The van der Waals surface area contributed by atoms with Crippen molar-refractivity contribution in [1.82, 2.24) is 9.88 Å². The Bertz CT molecular complexity index is 481. The van der Waals surface area contributed by atoms with E-state index in [1.54, 1.807) is 7.11 Å². The van der Waals surface area contributed by atoms with Gasteiger partial charge < -0.3 is 14.6 Å². The number of hydrogen-bond acceptors (Lipinski definition) is 2. The average molecular weight is 253 g/mol. The van der Waals surface area contributed by atoms with E-state index >= 15 is 0 Å². The minimum atomic E-state index is 0.743. The van der Waals surface area contributed by atoms with Gasteiger partial charge in [-0.3, -0.25) is 0 Å². The zero-order valence-electron chi connectivity index (χ0n) is 9.95. The highest BCUT2D eigenvalue weighted by Gasteiger charge is 2.04. The van der Waals surface area contributed by atoms with Crippen LogP contribution in [0.1, 0.15) is 0 Å². The Kier molecular flexibility index (Phi) is 4.42. The predicted octanol–water partition coefficient (Wildman–Crippen LogP) is 2.53. The molecule has 92 valence electrons. The highest BCUT2D eigenvalue weighted by Crippen LogP contribution is 2.24. The molecule has 1 aromatic heterocycles. The second-order valence-electron chi connectivity index (χ2n) is 3.93. The normalized spacial score (nSPS) is 11.2. The Morgan fingerprint density at radius 2 is 2.12 bits per heavy atom. The average Bonchev–Trinajstić information content (AvgIpc) is 2.67. The van der Waals surface area contributed by atoms with Gasteiger partial charge in [-0.15, -0.1) is 0 Å². The van der Waals surface area contributed by atoms with Gasteiger partial charge in [0, 0.05) is 43.8 Å². The number of ether oxygens (including phenoxy) is 1. The van der Waals surface area contributed by atoms with Crippen molar-refractivity contribution in [2.45, 2.75) is 6.54 Å². The molecule has 0 spiro atoms. The Morgan fingerprint density at radius 1 is 1.29 bits per heavy atom. The molecule has 1 aromatic carbocycles. The molecule has 4 heteroatoms. The van der Waals surface area contributed by atoms with Gasteiger partial charge in [-0.1, -0.05) is 29.8 Å². The number of aromatic nitrogens is 1. The van der Waals surface area contributed by atoms with Crippen molar-refractivity contribution in [3.05, 3.63) is 35.5 Å². The van der Waals surface area contributed by atoms with Crippen LogP contribution in [0.5, 0.6) is 0 Å². The maximum absolute atomic E-state index is 6.18.